The van der Waals surface area contributed by atoms with Gasteiger partial charge in [-0.1, -0.05) is 65.3 Å². The second kappa shape index (κ2) is 10.1. The molecule has 2 aromatic carbocycles. The standard InChI is InChI=1S/C25H34ClNO2S/c1-24(2,3)20-14-17(15-21(23(20)29)25(4,5)6)8-7-13-30-16-22(28)27-19-11-9-18(26)10-12-19/h9-12,14-15,29H,7-8,13,16H2,1-6H3,(H,27,28). The summed E-state index contributed by atoms with van der Waals surface area (Å²) in [6, 6.07) is 11.4. The molecule has 0 spiro atoms. The van der Waals surface area contributed by atoms with Crippen molar-refractivity contribution in [2.75, 3.05) is 16.8 Å². The number of phenols is 1. The molecular weight excluding hydrogens is 414 g/mol. The van der Waals surface area contributed by atoms with Crippen molar-refractivity contribution in [1.82, 2.24) is 0 Å². The lowest BCUT2D eigenvalue weighted by molar-refractivity contribution is -0.113. The molecular formula is C25H34ClNO2S. The highest BCUT2D eigenvalue weighted by atomic mass is 35.5. The quantitative estimate of drug-likeness (QED) is 0.451. The Morgan fingerprint density at radius 1 is 1.00 bits per heavy atom. The van der Waals surface area contributed by atoms with Crippen LogP contribution in [0.3, 0.4) is 0 Å². The fourth-order valence-corrected chi connectivity index (χ4v) is 4.13. The number of anilines is 1. The van der Waals surface area contributed by atoms with Gasteiger partial charge in [-0.25, -0.2) is 0 Å². The van der Waals surface area contributed by atoms with Gasteiger partial charge >= 0.3 is 0 Å². The van der Waals surface area contributed by atoms with Crippen molar-refractivity contribution in [3.63, 3.8) is 0 Å². The maximum absolute atomic E-state index is 12.1. The predicted octanol–water partition coefficient (Wildman–Crippen LogP) is 6.95. The summed E-state index contributed by atoms with van der Waals surface area (Å²) < 4.78 is 0. The molecule has 164 valence electrons. The van der Waals surface area contributed by atoms with Gasteiger partial charge in [0.1, 0.15) is 5.75 Å². The van der Waals surface area contributed by atoms with Crippen LogP contribution in [0.15, 0.2) is 36.4 Å². The third-order valence-corrected chi connectivity index (χ3v) is 6.20. The van der Waals surface area contributed by atoms with Gasteiger partial charge in [0.25, 0.3) is 0 Å². The number of amides is 1. The number of rotatable bonds is 7. The molecule has 0 aliphatic heterocycles. The number of aryl methyl sites for hydroxylation is 1. The van der Waals surface area contributed by atoms with Crippen molar-refractivity contribution in [2.24, 2.45) is 0 Å². The Bertz CT molecular complexity index is 829. The van der Waals surface area contributed by atoms with E-state index in [-0.39, 0.29) is 16.7 Å². The lowest BCUT2D eigenvalue weighted by atomic mass is 9.78. The Kier molecular flexibility index (Phi) is 8.29. The molecule has 0 atom stereocenters. The summed E-state index contributed by atoms with van der Waals surface area (Å²) in [7, 11) is 0. The molecule has 1 amide bonds. The normalized spacial score (nSPS) is 12.1. The number of thioether (sulfide) groups is 1. The van der Waals surface area contributed by atoms with Gasteiger partial charge in [0, 0.05) is 10.7 Å². The van der Waals surface area contributed by atoms with Gasteiger partial charge in [-0.05, 0) is 70.4 Å². The van der Waals surface area contributed by atoms with Gasteiger partial charge in [0.15, 0.2) is 0 Å². The van der Waals surface area contributed by atoms with Gasteiger partial charge in [0.05, 0.1) is 5.75 Å². The van der Waals surface area contributed by atoms with Crippen LogP contribution in [0.2, 0.25) is 5.02 Å². The average Bonchev–Trinajstić information content (AvgIpc) is 2.62. The zero-order valence-corrected chi connectivity index (χ0v) is 20.5. The molecule has 0 unspecified atom stereocenters. The van der Waals surface area contributed by atoms with E-state index in [1.165, 1.54) is 5.56 Å². The summed E-state index contributed by atoms with van der Waals surface area (Å²) in [4.78, 5) is 12.1. The maximum atomic E-state index is 12.1. The smallest absolute Gasteiger partial charge is 0.234 e. The van der Waals surface area contributed by atoms with Crippen LogP contribution in [0.1, 0.15) is 64.7 Å². The van der Waals surface area contributed by atoms with Crippen molar-refractivity contribution >= 4 is 35.0 Å². The van der Waals surface area contributed by atoms with E-state index in [4.69, 9.17) is 11.6 Å². The van der Waals surface area contributed by atoms with E-state index in [0.29, 0.717) is 16.5 Å². The summed E-state index contributed by atoms with van der Waals surface area (Å²) in [5, 5.41) is 14.4. The first-order chi connectivity index (χ1) is 13.9. The number of carbonyl (C=O) groups is 1. The number of halogens is 1. The first-order valence-corrected chi connectivity index (χ1v) is 11.9. The molecule has 0 aliphatic rings. The topological polar surface area (TPSA) is 49.3 Å². The largest absolute Gasteiger partial charge is 0.507 e. The van der Waals surface area contributed by atoms with Gasteiger partial charge in [0.2, 0.25) is 5.91 Å². The zero-order valence-electron chi connectivity index (χ0n) is 18.9. The molecule has 0 saturated heterocycles. The van der Waals surface area contributed by atoms with Crippen LogP contribution in [0, 0.1) is 0 Å². The Morgan fingerprint density at radius 3 is 2.03 bits per heavy atom. The second-order valence-electron chi connectivity index (χ2n) is 9.75. The predicted molar refractivity (Wildman–Crippen MR) is 131 cm³/mol. The first kappa shape index (κ1) is 24.6. The number of aromatic hydroxyl groups is 1. The monoisotopic (exact) mass is 447 g/mol. The molecule has 0 aliphatic carbocycles. The molecule has 2 rings (SSSR count). The van der Waals surface area contributed by atoms with Gasteiger partial charge in [-0.2, -0.15) is 11.8 Å². The number of hydrogen-bond acceptors (Lipinski definition) is 3. The van der Waals surface area contributed by atoms with Crippen molar-refractivity contribution in [3.8, 4) is 5.75 Å². The minimum Gasteiger partial charge on any atom is -0.507 e. The van der Waals surface area contributed by atoms with E-state index >= 15 is 0 Å². The number of phenolic OH excluding ortho intramolecular Hbond substituents is 1. The molecule has 0 bridgehead atoms. The Balaban J connectivity index is 1.91. The SMILES string of the molecule is CC(C)(C)c1cc(CCCSCC(=O)Nc2ccc(Cl)cc2)cc(C(C)(C)C)c1O. The van der Waals surface area contributed by atoms with Crippen molar-refractivity contribution < 1.29 is 9.90 Å². The maximum Gasteiger partial charge on any atom is 0.234 e. The summed E-state index contributed by atoms with van der Waals surface area (Å²) in [6.07, 6.45) is 1.91. The molecule has 2 aromatic rings. The summed E-state index contributed by atoms with van der Waals surface area (Å²) in [5.74, 6) is 1.76. The van der Waals surface area contributed by atoms with Crippen LogP contribution in [-0.4, -0.2) is 22.5 Å². The highest BCUT2D eigenvalue weighted by Gasteiger charge is 2.26. The second-order valence-corrected chi connectivity index (χ2v) is 11.3. The van der Waals surface area contributed by atoms with Crippen LogP contribution in [0.4, 0.5) is 5.69 Å². The minimum absolute atomic E-state index is 0.00278. The number of nitrogens with one attached hydrogen (secondary N) is 1. The Hall–Kier alpha value is -1.65. The minimum atomic E-state index is -0.116. The molecule has 0 saturated carbocycles. The van der Waals surface area contributed by atoms with E-state index < -0.39 is 0 Å². The molecule has 0 radical (unpaired) electrons. The fraction of sp³-hybridized carbons (Fsp3) is 0.480. The molecule has 0 aromatic heterocycles. The van der Waals surface area contributed by atoms with E-state index in [1.807, 2.05) is 0 Å². The highest BCUT2D eigenvalue weighted by Crippen LogP contribution is 2.40. The molecule has 5 heteroatoms. The van der Waals surface area contributed by atoms with Gasteiger partial charge in [-0.3, -0.25) is 4.79 Å². The van der Waals surface area contributed by atoms with Crippen molar-refractivity contribution in [1.29, 1.82) is 0 Å². The number of benzene rings is 2. The first-order valence-electron chi connectivity index (χ1n) is 10.4. The van der Waals surface area contributed by atoms with Crippen LogP contribution in [0.5, 0.6) is 5.75 Å². The van der Waals surface area contributed by atoms with E-state index in [2.05, 4.69) is 59.0 Å². The molecule has 2 N–H and O–H groups in total. The highest BCUT2D eigenvalue weighted by molar-refractivity contribution is 7.99. The van der Waals surface area contributed by atoms with Crippen LogP contribution < -0.4 is 5.32 Å². The van der Waals surface area contributed by atoms with Crippen molar-refractivity contribution in [2.45, 2.75) is 65.2 Å². The molecule has 0 heterocycles. The van der Waals surface area contributed by atoms with Crippen LogP contribution in [0.25, 0.3) is 0 Å². The van der Waals surface area contributed by atoms with Crippen LogP contribution >= 0.6 is 23.4 Å². The summed E-state index contributed by atoms with van der Waals surface area (Å²) >= 11 is 7.50. The Morgan fingerprint density at radius 2 is 1.53 bits per heavy atom. The van der Waals surface area contributed by atoms with E-state index in [0.717, 1.165) is 35.4 Å². The lowest BCUT2D eigenvalue weighted by Crippen LogP contribution is -2.18. The Labute approximate surface area is 190 Å². The van der Waals surface area contributed by atoms with Gasteiger partial charge < -0.3 is 10.4 Å². The molecule has 3 nitrogen and oxygen atoms in total. The number of carbonyl (C=O) groups excluding carboxylic acids is 1. The molecule has 0 fully saturated rings. The zero-order chi connectivity index (χ0) is 22.5. The summed E-state index contributed by atoms with van der Waals surface area (Å²) in [5.41, 5.74) is 3.77. The third-order valence-electron chi connectivity index (χ3n) is 4.90. The third kappa shape index (κ3) is 7.24. The average molecular weight is 448 g/mol. The lowest BCUT2D eigenvalue weighted by Gasteiger charge is -2.28. The fourth-order valence-electron chi connectivity index (χ4n) is 3.26. The van der Waals surface area contributed by atoms with Gasteiger partial charge in [-0.15, -0.1) is 0 Å². The van der Waals surface area contributed by atoms with Crippen molar-refractivity contribution in [3.05, 3.63) is 58.1 Å². The molecule has 30 heavy (non-hydrogen) atoms. The number of hydrogen-bond donors (Lipinski definition) is 2. The van der Waals surface area contributed by atoms with E-state index in [1.54, 1.807) is 36.0 Å². The van der Waals surface area contributed by atoms with Crippen LogP contribution in [-0.2, 0) is 22.0 Å². The van der Waals surface area contributed by atoms with E-state index in [9.17, 15) is 9.90 Å². The summed E-state index contributed by atoms with van der Waals surface area (Å²) in [6.45, 7) is 12.8.